The van der Waals surface area contributed by atoms with E-state index in [-0.39, 0.29) is 5.56 Å². The van der Waals surface area contributed by atoms with E-state index in [9.17, 15) is 9.18 Å². The molecule has 3 aromatic heterocycles. The molecule has 0 atom stereocenters. The summed E-state index contributed by atoms with van der Waals surface area (Å²) in [6.45, 7) is 2.67. The fourth-order valence-corrected chi connectivity index (χ4v) is 3.69. The standard InChI is InChI=1S/C24H19FN6O/c1-2-26-24(32)18-9-8-16(13-19(18)25)20-10-11-21-23(28-20)31(30-29-21)14-17-6-3-5-15-7-4-12-27-22(15)17/h3-13H,2,14H2,1H3,(H,26,32). The Morgan fingerprint density at radius 1 is 1.09 bits per heavy atom. The molecule has 7 nitrogen and oxygen atoms in total. The van der Waals surface area contributed by atoms with Crippen molar-refractivity contribution >= 4 is 28.0 Å². The molecule has 0 unspecified atom stereocenters. The highest BCUT2D eigenvalue weighted by Gasteiger charge is 2.14. The number of fused-ring (bicyclic) bond motifs is 2. The second kappa shape index (κ2) is 8.14. The van der Waals surface area contributed by atoms with Gasteiger partial charge in [0.05, 0.1) is 23.3 Å². The number of halogens is 1. The van der Waals surface area contributed by atoms with Crippen molar-refractivity contribution in [2.24, 2.45) is 0 Å². The summed E-state index contributed by atoms with van der Waals surface area (Å²) < 4.78 is 16.3. The first kappa shape index (κ1) is 19.7. The lowest BCUT2D eigenvalue weighted by atomic mass is 10.1. The van der Waals surface area contributed by atoms with E-state index in [0.29, 0.717) is 35.5 Å². The van der Waals surface area contributed by atoms with Gasteiger partial charge in [0.1, 0.15) is 11.3 Å². The molecule has 0 aliphatic carbocycles. The van der Waals surface area contributed by atoms with E-state index in [0.717, 1.165) is 16.5 Å². The average molecular weight is 426 g/mol. The number of nitrogens with one attached hydrogen (secondary N) is 1. The molecule has 2 aromatic carbocycles. The van der Waals surface area contributed by atoms with Crippen molar-refractivity contribution in [3.63, 3.8) is 0 Å². The second-order valence-corrected chi connectivity index (χ2v) is 7.33. The summed E-state index contributed by atoms with van der Waals surface area (Å²) in [4.78, 5) is 21.2. The monoisotopic (exact) mass is 426 g/mol. The zero-order valence-corrected chi connectivity index (χ0v) is 17.3. The molecule has 8 heteroatoms. The Hall–Kier alpha value is -4.20. The predicted octanol–water partition coefficient (Wildman–Crippen LogP) is 3.98. The Morgan fingerprint density at radius 3 is 2.81 bits per heavy atom. The number of pyridine rings is 2. The highest BCUT2D eigenvalue weighted by molar-refractivity contribution is 5.95. The predicted molar refractivity (Wildman–Crippen MR) is 120 cm³/mol. The minimum atomic E-state index is -0.594. The van der Waals surface area contributed by atoms with E-state index in [1.54, 1.807) is 36.0 Å². The first-order valence-electron chi connectivity index (χ1n) is 10.2. The fraction of sp³-hybridized carbons (Fsp3) is 0.125. The number of carbonyl (C=O) groups is 1. The third-order valence-corrected chi connectivity index (χ3v) is 5.24. The highest BCUT2D eigenvalue weighted by Crippen LogP contribution is 2.24. The van der Waals surface area contributed by atoms with Gasteiger partial charge in [-0.15, -0.1) is 5.10 Å². The van der Waals surface area contributed by atoms with Crippen LogP contribution >= 0.6 is 0 Å². The number of carbonyl (C=O) groups excluding carboxylic acids is 1. The highest BCUT2D eigenvalue weighted by atomic mass is 19.1. The summed E-state index contributed by atoms with van der Waals surface area (Å²) in [5.74, 6) is -1.03. The Labute approximate surface area is 182 Å². The molecule has 0 bridgehead atoms. The van der Waals surface area contributed by atoms with Crippen LogP contribution in [0, 0.1) is 5.82 Å². The zero-order chi connectivity index (χ0) is 22.1. The third kappa shape index (κ3) is 3.56. The first-order valence-corrected chi connectivity index (χ1v) is 10.2. The minimum Gasteiger partial charge on any atom is -0.352 e. The van der Waals surface area contributed by atoms with Crippen molar-refractivity contribution in [3.8, 4) is 11.3 Å². The molecule has 1 amide bonds. The van der Waals surface area contributed by atoms with E-state index in [2.05, 4.69) is 25.6 Å². The average Bonchev–Trinajstić information content (AvgIpc) is 3.21. The van der Waals surface area contributed by atoms with Crippen LogP contribution < -0.4 is 5.32 Å². The number of hydrogen-bond acceptors (Lipinski definition) is 5. The van der Waals surface area contributed by atoms with Crippen LogP contribution in [0.25, 0.3) is 33.3 Å². The number of aromatic nitrogens is 5. The van der Waals surface area contributed by atoms with Gasteiger partial charge >= 0.3 is 0 Å². The number of nitrogens with zero attached hydrogens (tertiary/aromatic N) is 5. The molecule has 0 spiro atoms. The smallest absolute Gasteiger partial charge is 0.254 e. The SMILES string of the molecule is CCNC(=O)c1ccc(-c2ccc3nnn(Cc4cccc5cccnc45)c3n2)cc1F. The molecule has 5 rings (SSSR count). The summed E-state index contributed by atoms with van der Waals surface area (Å²) >= 11 is 0. The van der Waals surface area contributed by atoms with Gasteiger partial charge in [-0.1, -0.05) is 35.5 Å². The molecule has 0 aliphatic heterocycles. The van der Waals surface area contributed by atoms with Crippen molar-refractivity contribution in [2.75, 3.05) is 6.54 Å². The van der Waals surface area contributed by atoms with Crippen LogP contribution in [0.4, 0.5) is 4.39 Å². The van der Waals surface area contributed by atoms with Crippen molar-refractivity contribution in [1.82, 2.24) is 30.3 Å². The Balaban J connectivity index is 1.52. The van der Waals surface area contributed by atoms with Gasteiger partial charge in [0.25, 0.3) is 5.91 Å². The van der Waals surface area contributed by atoms with Gasteiger partial charge in [-0.2, -0.15) is 0 Å². The van der Waals surface area contributed by atoms with Crippen LogP contribution in [-0.2, 0) is 6.54 Å². The molecular formula is C24H19FN6O. The quantitative estimate of drug-likeness (QED) is 0.460. The summed E-state index contributed by atoms with van der Waals surface area (Å²) in [6.07, 6.45) is 1.76. The maximum atomic E-state index is 14.6. The van der Waals surface area contributed by atoms with Crippen LogP contribution in [0.15, 0.2) is 66.9 Å². The largest absolute Gasteiger partial charge is 0.352 e. The minimum absolute atomic E-state index is 0.00634. The van der Waals surface area contributed by atoms with E-state index in [1.807, 2.05) is 30.3 Å². The van der Waals surface area contributed by atoms with E-state index >= 15 is 0 Å². The Kier molecular flexibility index (Phi) is 5.03. The number of rotatable bonds is 5. The summed E-state index contributed by atoms with van der Waals surface area (Å²) in [6, 6.07) is 18.0. The third-order valence-electron chi connectivity index (χ3n) is 5.24. The van der Waals surface area contributed by atoms with Gasteiger partial charge in [-0.05, 0) is 42.8 Å². The molecule has 3 heterocycles. The van der Waals surface area contributed by atoms with Gasteiger partial charge in [-0.25, -0.2) is 14.1 Å². The fourth-order valence-electron chi connectivity index (χ4n) is 3.69. The van der Waals surface area contributed by atoms with E-state index in [1.165, 1.54) is 12.1 Å². The molecule has 0 radical (unpaired) electrons. The lowest BCUT2D eigenvalue weighted by molar-refractivity contribution is 0.0952. The molecule has 1 N–H and O–H groups in total. The van der Waals surface area contributed by atoms with Crippen LogP contribution in [0.2, 0.25) is 0 Å². The first-order chi connectivity index (χ1) is 15.6. The number of para-hydroxylation sites is 1. The van der Waals surface area contributed by atoms with Gasteiger partial charge in [0, 0.05) is 23.7 Å². The molecule has 0 aliphatic rings. The Morgan fingerprint density at radius 2 is 1.97 bits per heavy atom. The number of hydrogen-bond donors (Lipinski definition) is 1. The second-order valence-electron chi connectivity index (χ2n) is 7.33. The summed E-state index contributed by atoms with van der Waals surface area (Å²) in [5, 5.41) is 12.1. The summed E-state index contributed by atoms with van der Waals surface area (Å²) in [7, 11) is 0. The van der Waals surface area contributed by atoms with Gasteiger partial charge < -0.3 is 5.32 Å². The maximum absolute atomic E-state index is 14.6. The van der Waals surface area contributed by atoms with Crippen LogP contribution in [-0.4, -0.2) is 37.4 Å². The van der Waals surface area contributed by atoms with Crippen LogP contribution in [0.5, 0.6) is 0 Å². The van der Waals surface area contributed by atoms with Gasteiger partial charge in [0.15, 0.2) is 5.65 Å². The lowest BCUT2D eigenvalue weighted by Crippen LogP contribution is -2.23. The van der Waals surface area contributed by atoms with Crippen molar-refractivity contribution < 1.29 is 9.18 Å². The van der Waals surface area contributed by atoms with Gasteiger partial charge in [0.2, 0.25) is 0 Å². The number of benzene rings is 2. The summed E-state index contributed by atoms with van der Waals surface area (Å²) in [5.41, 5.74) is 4.27. The van der Waals surface area contributed by atoms with E-state index in [4.69, 9.17) is 0 Å². The molecule has 0 fully saturated rings. The van der Waals surface area contributed by atoms with Gasteiger partial charge in [-0.3, -0.25) is 9.78 Å². The normalized spacial score (nSPS) is 11.2. The van der Waals surface area contributed by atoms with Crippen molar-refractivity contribution in [1.29, 1.82) is 0 Å². The molecule has 158 valence electrons. The Bertz CT molecular complexity index is 1460. The molecule has 0 saturated heterocycles. The maximum Gasteiger partial charge on any atom is 0.254 e. The molecule has 5 aromatic rings. The zero-order valence-electron chi connectivity index (χ0n) is 17.3. The van der Waals surface area contributed by atoms with Crippen LogP contribution in [0.3, 0.4) is 0 Å². The van der Waals surface area contributed by atoms with Crippen LogP contribution in [0.1, 0.15) is 22.8 Å². The molecule has 0 saturated carbocycles. The number of amides is 1. The van der Waals surface area contributed by atoms with Crippen molar-refractivity contribution in [2.45, 2.75) is 13.5 Å². The molecule has 32 heavy (non-hydrogen) atoms. The van der Waals surface area contributed by atoms with Crippen molar-refractivity contribution in [3.05, 3.63) is 83.8 Å². The topological polar surface area (TPSA) is 85.6 Å². The lowest BCUT2D eigenvalue weighted by Gasteiger charge is -2.08. The van der Waals surface area contributed by atoms with E-state index < -0.39 is 11.7 Å². The molecular weight excluding hydrogens is 407 g/mol.